The van der Waals surface area contributed by atoms with Gasteiger partial charge >= 0.3 is 5.97 Å². The number of ether oxygens (including phenoxy) is 2. The molecule has 0 spiro atoms. The normalized spacial score (nSPS) is 11.1. The van der Waals surface area contributed by atoms with Gasteiger partial charge in [-0.15, -0.1) is 0 Å². The number of imidazole rings is 1. The summed E-state index contributed by atoms with van der Waals surface area (Å²) in [6.45, 7) is 0.856. The number of methoxy groups -OCH3 is 1. The minimum atomic E-state index is -1.74. The molecule has 32 heavy (non-hydrogen) atoms. The third-order valence-electron chi connectivity index (χ3n) is 4.34. The van der Waals surface area contributed by atoms with Gasteiger partial charge in [0, 0.05) is 7.11 Å². The summed E-state index contributed by atoms with van der Waals surface area (Å²) < 4.78 is 66.9. The van der Waals surface area contributed by atoms with Crippen LogP contribution in [0.5, 0.6) is 5.75 Å². The summed E-state index contributed by atoms with van der Waals surface area (Å²) >= 11 is 0. The molecule has 0 aliphatic heterocycles. The van der Waals surface area contributed by atoms with Crippen molar-refractivity contribution in [2.45, 2.75) is 13.5 Å². The van der Waals surface area contributed by atoms with Crippen LogP contribution in [0.15, 0.2) is 6.07 Å². The molecular formula is C19H16F4N4O5. The number of nitrogens with zero attached hydrogens (tertiary/aromatic N) is 1. The molecule has 0 atom stereocenters. The molecule has 9 nitrogen and oxygen atoms in total. The molecule has 3 rings (SSSR count). The zero-order chi connectivity index (χ0) is 23.7. The summed E-state index contributed by atoms with van der Waals surface area (Å²) in [7, 11) is 2.44. The molecule has 1 aromatic heterocycles. The largest absolute Gasteiger partial charge is 0.419 e. The Labute approximate surface area is 177 Å². The first kappa shape index (κ1) is 23.0. The van der Waals surface area contributed by atoms with Crippen LogP contribution in [0.2, 0.25) is 0 Å². The number of nitrogens with two attached hydrogens (primary N) is 1. The quantitative estimate of drug-likeness (QED) is 0.123. The molecule has 13 heteroatoms. The lowest BCUT2D eigenvalue weighted by molar-refractivity contribution is 0.0725. The van der Waals surface area contributed by atoms with Crippen LogP contribution in [0.3, 0.4) is 0 Å². The van der Waals surface area contributed by atoms with E-state index in [0.29, 0.717) is 6.07 Å². The Kier molecular flexibility index (Phi) is 6.32. The number of esters is 1. The van der Waals surface area contributed by atoms with Gasteiger partial charge in [0.2, 0.25) is 5.82 Å². The number of anilines is 2. The molecule has 4 N–H and O–H groups in total. The Balaban J connectivity index is 2.18. The third-order valence-corrected chi connectivity index (χ3v) is 4.34. The van der Waals surface area contributed by atoms with Gasteiger partial charge in [0.15, 0.2) is 29.0 Å². The van der Waals surface area contributed by atoms with Gasteiger partial charge in [-0.3, -0.25) is 15.1 Å². The van der Waals surface area contributed by atoms with E-state index in [2.05, 4.69) is 20.3 Å². The fourth-order valence-corrected chi connectivity index (χ4v) is 2.99. The highest BCUT2D eigenvalue weighted by Gasteiger charge is 2.30. The zero-order valence-corrected chi connectivity index (χ0v) is 16.9. The minimum absolute atomic E-state index is 0.0572. The van der Waals surface area contributed by atoms with Gasteiger partial charge in [0.1, 0.15) is 23.6 Å². The van der Waals surface area contributed by atoms with E-state index in [0.717, 1.165) is 14.0 Å². The maximum absolute atomic E-state index is 14.6. The number of nitrogens with one attached hydrogen (secondary N) is 2. The highest BCUT2D eigenvalue weighted by Crippen LogP contribution is 2.39. The second-order valence-electron chi connectivity index (χ2n) is 6.43. The van der Waals surface area contributed by atoms with Gasteiger partial charge in [0.25, 0.3) is 0 Å². The van der Waals surface area contributed by atoms with Crippen molar-refractivity contribution in [3.05, 3.63) is 46.3 Å². The van der Waals surface area contributed by atoms with E-state index in [1.165, 1.54) is 7.11 Å². The minimum Gasteiger partial charge on any atom is -0.419 e. The fourth-order valence-electron chi connectivity index (χ4n) is 2.99. The fraction of sp³-hybridized carbons (Fsp3) is 0.211. The number of nitrogen functional groups attached to an aromatic ring is 1. The van der Waals surface area contributed by atoms with Crippen molar-refractivity contribution >= 4 is 34.2 Å². The molecule has 2 aromatic carbocycles. The molecule has 3 aromatic rings. The number of halogens is 4. The second kappa shape index (κ2) is 8.80. The van der Waals surface area contributed by atoms with Gasteiger partial charge in [-0.2, -0.15) is 4.39 Å². The number of hydrogen-bond donors (Lipinski definition) is 3. The summed E-state index contributed by atoms with van der Waals surface area (Å²) in [6.07, 6.45) is 0. The van der Waals surface area contributed by atoms with Crippen LogP contribution >= 0.6 is 0 Å². The first-order chi connectivity index (χ1) is 15.1. The van der Waals surface area contributed by atoms with Crippen LogP contribution in [0.1, 0.15) is 33.5 Å². The maximum Gasteiger partial charge on any atom is 0.345 e. The summed E-state index contributed by atoms with van der Waals surface area (Å²) in [6, 6.07) is 0.488. The van der Waals surface area contributed by atoms with E-state index < -0.39 is 68.8 Å². The van der Waals surface area contributed by atoms with Gasteiger partial charge in [0.05, 0.1) is 29.4 Å². The molecule has 0 aliphatic carbocycles. The van der Waals surface area contributed by atoms with Gasteiger partial charge in [-0.1, -0.05) is 0 Å². The number of aromatic nitrogens is 2. The summed E-state index contributed by atoms with van der Waals surface area (Å²) in [5, 5.41) is 0. The lowest BCUT2D eigenvalue weighted by Crippen LogP contribution is -2.17. The molecule has 0 bridgehead atoms. The molecule has 0 amide bonds. The van der Waals surface area contributed by atoms with Gasteiger partial charge in [-0.25, -0.2) is 22.9 Å². The monoisotopic (exact) mass is 456 g/mol. The number of carbonyl (C=O) groups is 2. The van der Waals surface area contributed by atoms with E-state index >= 15 is 0 Å². The number of aromatic amines is 1. The van der Waals surface area contributed by atoms with Gasteiger partial charge in [-0.05, 0) is 13.0 Å². The van der Waals surface area contributed by atoms with Crippen LogP contribution in [0.4, 0.5) is 28.9 Å². The molecular weight excluding hydrogens is 440 g/mol. The Morgan fingerprint density at radius 1 is 1.16 bits per heavy atom. The first-order valence-electron chi connectivity index (χ1n) is 8.80. The topological polar surface area (TPSA) is 129 Å². The maximum atomic E-state index is 14.6. The molecule has 1 heterocycles. The second-order valence-corrected chi connectivity index (χ2v) is 6.43. The van der Waals surface area contributed by atoms with Crippen LogP contribution in [-0.4, -0.2) is 35.9 Å². The van der Waals surface area contributed by atoms with E-state index in [1.807, 2.05) is 0 Å². The molecule has 0 unspecified atom stereocenters. The van der Waals surface area contributed by atoms with Crippen molar-refractivity contribution in [3.8, 4) is 5.75 Å². The summed E-state index contributed by atoms with van der Waals surface area (Å²) in [5.74, 6) is -9.53. The number of ketones is 1. The van der Waals surface area contributed by atoms with Crippen molar-refractivity contribution in [3.63, 3.8) is 0 Å². The van der Waals surface area contributed by atoms with Crippen LogP contribution in [-0.2, 0) is 16.2 Å². The highest BCUT2D eigenvalue weighted by atomic mass is 19.2. The number of benzene rings is 2. The number of hydrogen-bond acceptors (Lipinski definition) is 8. The van der Waals surface area contributed by atoms with Crippen LogP contribution in [0.25, 0.3) is 11.0 Å². The molecule has 0 radical (unpaired) electrons. The number of H-pyrrole nitrogens is 1. The Hall–Kier alpha value is -3.71. The predicted molar refractivity (Wildman–Crippen MR) is 103 cm³/mol. The molecule has 0 aliphatic rings. The van der Waals surface area contributed by atoms with E-state index in [4.69, 9.17) is 15.2 Å². The van der Waals surface area contributed by atoms with Gasteiger partial charge < -0.3 is 20.2 Å². The molecule has 0 saturated heterocycles. The Morgan fingerprint density at radius 3 is 2.44 bits per heavy atom. The number of fused-ring (bicyclic) bond motifs is 1. The standard InChI is InChI=1S/C19H16F4N4O5/c1-6(28)10-16(27-31-3)14(24)12(22)13(23)18(10)32-19(29)7-4-8(20)11(21)17-15(7)25-9(26-17)5-30-2/h4,27H,5,24H2,1-3H3,(H,25,26). The number of Topliss-reactive ketones (excluding diaryl/α,β-unsaturated/α-hetero) is 1. The van der Waals surface area contributed by atoms with Crippen molar-refractivity contribution in [2.75, 3.05) is 25.4 Å². The first-order valence-corrected chi connectivity index (χ1v) is 8.80. The number of carbonyl (C=O) groups excluding carboxylic acids is 2. The van der Waals surface area contributed by atoms with Crippen LogP contribution < -0.4 is 16.0 Å². The van der Waals surface area contributed by atoms with Crippen LogP contribution in [0, 0.1) is 23.3 Å². The number of rotatable bonds is 7. The summed E-state index contributed by atoms with van der Waals surface area (Å²) in [5.41, 5.74) is 4.28. The Morgan fingerprint density at radius 2 is 1.84 bits per heavy atom. The average Bonchev–Trinajstić information content (AvgIpc) is 3.16. The highest BCUT2D eigenvalue weighted by molar-refractivity contribution is 6.07. The van der Waals surface area contributed by atoms with E-state index in [1.54, 1.807) is 0 Å². The molecule has 170 valence electrons. The van der Waals surface area contributed by atoms with Crippen molar-refractivity contribution < 1.29 is 41.5 Å². The molecule has 0 saturated carbocycles. The van der Waals surface area contributed by atoms with Crippen molar-refractivity contribution in [1.29, 1.82) is 0 Å². The smallest absolute Gasteiger partial charge is 0.345 e. The van der Waals surface area contributed by atoms with Crippen molar-refractivity contribution in [2.24, 2.45) is 0 Å². The van der Waals surface area contributed by atoms with Crippen molar-refractivity contribution in [1.82, 2.24) is 9.97 Å². The summed E-state index contributed by atoms with van der Waals surface area (Å²) in [4.78, 5) is 35.9. The molecule has 0 fully saturated rings. The SMILES string of the molecule is COCc1nc2c(F)c(F)cc(C(=O)Oc3c(F)c(F)c(N)c(NOC)c3C(C)=O)c2[nH]1. The lowest BCUT2D eigenvalue weighted by atomic mass is 10.1. The van der Waals surface area contributed by atoms with E-state index in [-0.39, 0.29) is 17.9 Å². The Bertz CT molecular complexity index is 1240. The average molecular weight is 456 g/mol. The lowest BCUT2D eigenvalue weighted by Gasteiger charge is -2.17. The predicted octanol–water partition coefficient (Wildman–Crippen LogP) is 3.24. The zero-order valence-electron chi connectivity index (χ0n) is 16.9. The third kappa shape index (κ3) is 3.83. The van der Waals surface area contributed by atoms with E-state index in [9.17, 15) is 27.2 Å².